The number of para-hydroxylation sites is 1. The Morgan fingerprint density at radius 2 is 1.74 bits per heavy atom. The van der Waals surface area contributed by atoms with Gasteiger partial charge in [-0.15, -0.1) is 10.2 Å². The molecule has 7 heteroatoms. The first-order valence-corrected chi connectivity index (χ1v) is 8.97. The Kier molecular flexibility index (Phi) is 3.95. The van der Waals surface area contributed by atoms with E-state index in [2.05, 4.69) is 26.6 Å². The van der Waals surface area contributed by atoms with Gasteiger partial charge in [-0.1, -0.05) is 58.5 Å². The van der Waals surface area contributed by atoms with Gasteiger partial charge in [0.15, 0.2) is 5.13 Å². The molecule has 2 aromatic heterocycles. The average molecular weight is 359 g/mol. The monoisotopic (exact) mass is 358 g/mol. The van der Waals surface area contributed by atoms with Gasteiger partial charge in [0.05, 0.1) is 10.2 Å². The zero-order valence-electron chi connectivity index (χ0n) is 11.9. The first-order valence-electron chi connectivity index (χ1n) is 6.96. The molecule has 4 aromatic rings. The van der Waals surface area contributed by atoms with Gasteiger partial charge in [-0.2, -0.15) is 0 Å². The highest BCUT2D eigenvalue weighted by molar-refractivity contribution is 7.22. The molecule has 0 radical (unpaired) electrons. The second-order valence-corrected chi connectivity index (χ2v) is 7.45. The van der Waals surface area contributed by atoms with Crippen LogP contribution in [0.2, 0.25) is 5.02 Å². The van der Waals surface area contributed by atoms with Gasteiger partial charge in [-0.05, 0) is 29.8 Å². The van der Waals surface area contributed by atoms with Crippen LogP contribution in [-0.2, 0) is 6.42 Å². The standard InChI is InChI=1S/C16H11ClN4S2/c17-11-7-5-10(6-8-11)9-14-20-21-16(23-14)19-15-18-12-3-1-2-4-13(12)22-15/h1-8H,9H2,(H,18,19,21). The third-order valence-corrected chi connectivity index (χ3v) is 5.29. The number of halogens is 1. The fourth-order valence-corrected chi connectivity index (χ4v) is 4.00. The molecule has 0 bridgehead atoms. The summed E-state index contributed by atoms with van der Waals surface area (Å²) in [4.78, 5) is 4.54. The normalized spacial score (nSPS) is 11.0. The molecule has 0 saturated heterocycles. The van der Waals surface area contributed by atoms with Crippen molar-refractivity contribution in [1.82, 2.24) is 15.2 Å². The molecule has 0 aliphatic heterocycles. The van der Waals surface area contributed by atoms with E-state index in [9.17, 15) is 0 Å². The van der Waals surface area contributed by atoms with Gasteiger partial charge in [0.2, 0.25) is 5.13 Å². The van der Waals surface area contributed by atoms with Gasteiger partial charge in [-0.3, -0.25) is 0 Å². The first-order chi connectivity index (χ1) is 11.3. The SMILES string of the molecule is Clc1ccc(Cc2nnc(Nc3nc4ccccc4s3)s2)cc1. The van der Waals surface area contributed by atoms with E-state index in [-0.39, 0.29) is 0 Å². The highest BCUT2D eigenvalue weighted by Gasteiger charge is 2.08. The molecule has 23 heavy (non-hydrogen) atoms. The summed E-state index contributed by atoms with van der Waals surface area (Å²) >= 11 is 9.05. The molecule has 4 nitrogen and oxygen atoms in total. The molecule has 0 spiro atoms. The maximum Gasteiger partial charge on any atom is 0.211 e. The van der Waals surface area contributed by atoms with Crippen LogP contribution in [0.25, 0.3) is 10.2 Å². The molecule has 0 amide bonds. The minimum atomic E-state index is 0.740. The van der Waals surface area contributed by atoms with E-state index < -0.39 is 0 Å². The summed E-state index contributed by atoms with van der Waals surface area (Å²) in [6.45, 7) is 0. The fourth-order valence-electron chi connectivity index (χ4n) is 2.17. The van der Waals surface area contributed by atoms with Crippen LogP contribution in [-0.4, -0.2) is 15.2 Å². The number of hydrogen-bond acceptors (Lipinski definition) is 6. The van der Waals surface area contributed by atoms with E-state index in [4.69, 9.17) is 11.6 Å². The first kappa shape index (κ1) is 14.6. The van der Waals surface area contributed by atoms with Crippen LogP contribution in [0, 0.1) is 0 Å². The predicted molar refractivity (Wildman–Crippen MR) is 97.1 cm³/mol. The Labute approximate surface area is 145 Å². The van der Waals surface area contributed by atoms with Gasteiger partial charge < -0.3 is 5.32 Å². The minimum Gasteiger partial charge on any atom is -0.306 e. The second-order valence-electron chi connectivity index (χ2n) is 4.92. The van der Waals surface area contributed by atoms with Gasteiger partial charge in [-0.25, -0.2) is 4.98 Å². The van der Waals surface area contributed by atoms with Crippen LogP contribution in [0.5, 0.6) is 0 Å². The molecular weight excluding hydrogens is 348 g/mol. The van der Waals surface area contributed by atoms with Crippen molar-refractivity contribution in [3.05, 3.63) is 64.1 Å². The van der Waals surface area contributed by atoms with Crippen LogP contribution in [0.1, 0.15) is 10.6 Å². The smallest absolute Gasteiger partial charge is 0.211 e. The maximum absolute atomic E-state index is 5.90. The Hall–Kier alpha value is -2.02. The Bertz CT molecular complexity index is 913. The van der Waals surface area contributed by atoms with Crippen molar-refractivity contribution in [2.24, 2.45) is 0 Å². The predicted octanol–water partition coefficient (Wildman–Crippen LogP) is 5.14. The molecule has 4 rings (SSSR count). The summed E-state index contributed by atoms with van der Waals surface area (Å²) in [5, 5.41) is 15.0. The topological polar surface area (TPSA) is 50.7 Å². The molecule has 2 aromatic carbocycles. The number of fused-ring (bicyclic) bond motifs is 1. The molecule has 0 saturated carbocycles. The summed E-state index contributed by atoms with van der Waals surface area (Å²) < 4.78 is 1.15. The van der Waals surface area contributed by atoms with Crippen molar-refractivity contribution in [2.75, 3.05) is 5.32 Å². The zero-order valence-corrected chi connectivity index (χ0v) is 14.3. The summed E-state index contributed by atoms with van der Waals surface area (Å²) in [5.74, 6) is 0. The molecule has 0 fully saturated rings. The summed E-state index contributed by atoms with van der Waals surface area (Å²) in [6.07, 6.45) is 0.746. The number of thiazole rings is 1. The van der Waals surface area contributed by atoms with Gasteiger partial charge in [0, 0.05) is 11.4 Å². The highest BCUT2D eigenvalue weighted by atomic mass is 35.5. The van der Waals surface area contributed by atoms with Crippen LogP contribution >= 0.6 is 34.3 Å². The number of aromatic nitrogens is 3. The number of rotatable bonds is 4. The van der Waals surface area contributed by atoms with E-state index in [0.717, 1.165) is 42.5 Å². The summed E-state index contributed by atoms with van der Waals surface area (Å²) in [5.41, 5.74) is 2.16. The molecule has 0 aliphatic rings. The number of hydrogen-bond donors (Lipinski definition) is 1. The Balaban J connectivity index is 1.50. The Morgan fingerprint density at radius 1 is 0.913 bits per heavy atom. The van der Waals surface area contributed by atoms with Crippen LogP contribution in [0.3, 0.4) is 0 Å². The van der Waals surface area contributed by atoms with Crippen molar-refractivity contribution < 1.29 is 0 Å². The van der Waals surface area contributed by atoms with E-state index in [1.165, 1.54) is 11.3 Å². The quantitative estimate of drug-likeness (QED) is 0.549. The molecule has 2 heterocycles. The van der Waals surface area contributed by atoms with Gasteiger partial charge in [0.1, 0.15) is 5.01 Å². The van der Waals surface area contributed by atoms with Crippen molar-refractivity contribution in [2.45, 2.75) is 6.42 Å². The zero-order chi connectivity index (χ0) is 15.6. The van der Waals surface area contributed by atoms with Crippen LogP contribution < -0.4 is 5.32 Å². The molecule has 0 aliphatic carbocycles. The van der Waals surface area contributed by atoms with Gasteiger partial charge in [0.25, 0.3) is 0 Å². The number of nitrogens with zero attached hydrogens (tertiary/aromatic N) is 3. The minimum absolute atomic E-state index is 0.740. The molecule has 0 unspecified atom stereocenters. The van der Waals surface area contributed by atoms with E-state index in [0.29, 0.717) is 0 Å². The van der Waals surface area contributed by atoms with Crippen LogP contribution in [0.15, 0.2) is 48.5 Å². The van der Waals surface area contributed by atoms with Crippen molar-refractivity contribution in [3.63, 3.8) is 0 Å². The maximum atomic E-state index is 5.90. The lowest BCUT2D eigenvalue weighted by atomic mass is 10.2. The molecular formula is C16H11ClN4S2. The van der Waals surface area contributed by atoms with Crippen molar-refractivity contribution in [3.8, 4) is 0 Å². The van der Waals surface area contributed by atoms with E-state index in [1.54, 1.807) is 11.3 Å². The molecule has 0 atom stereocenters. The third kappa shape index (κ3) is 3.34. The lowest BCUT2D eigenvalue weighted by Crippen LogP contribution is -1.87. The second kappa shape index (κ2) is 6.23. The van der Waals surface area contributed by atoms with Crippen LogP contribution in [0.4, 0.5) is 10.3 Å². The number of nitrogens with one attached hydrogen (secondary N) is 1. The van der Waals surface area contributed by atoms with Crippen molar-refractivity contribution >= 4 is 54.8 Å². The average Bonchev–Trinajstić information content (AvgIpc) is 3.16. The lowest BCUT2D eigenvalue weighted by molar-refractivity contribution is 1.01. The van der Waals surface area contributed by atoms with E-state index >= 15 is 0 Å². The summed E-state index contributed by atoms with van der Waals surface area (Å²) in [7, 11) is 0. The summed E-state index contributed by atoms with van der Waals surface area (Å²) in [6, 6.07) is 15.8. The number of anilines is 2. The number of benzene rings is 2. The lowest BCUT2D eigenvalue weighted by Gasteiger charge is -1.97. The molecule has 114 valence electrons. The van der Waals surface area contributed by atoms with E-state index in [1.807, 2.05) is 42.5 Å². The molecule has 1 N–H and O–H groups in total. The fraction of sp³-hybridized carbons (Fsp3) is 0.0625. The third-order valence-electron chi connectivity index (χ3n) is 3.24. The highest BCUT2D eigenvalue weighted by Crippen LogP contribution is 2.29. The van der Waals surface area contributed by atoms with Gasteiger partial charge >= 0.3 is 0 Å². The largest absolute Gasteiger partial charge is 0.306 e. The van der Waals surface area contributed by atoms with Crippen molar-refractivity contribution in [1.29, 1.82) is 0 Å². The Morgan fingerprint density at radius 3 is 2.57 bits per heavy atom.